The number of fused-ring (bicyclic) bond motifs is 2. The predicted octanol–water partition coefficient (Wildman–Crippen LogP) is 3.04. The van der Waals surface area contributed by atoms with Crippen LogP contribution in [0, 0.1) is 6.92 Å². The van der Waals surface area contributed by atoms with Gasteiger partial charge in [0, 0.05) is 5.41 Å². The summed E-state index contributed by atoms with van der Waals surface area (Å²) in [5.74, 6) is 2.02. The third-order valence-corrected chi connectivity index (χ3v) is 5.53. The van der Waals surface area contributed by atoms with Crippen molar-refractivity contribution in [2.24, 2.45) is 0 Å². The fraction of sp³-hybridized carbons (Fsp3) is 0.474. The third-order valence-electron chi connectivity index (χ3n) is 5.53. The van der Waals surface area contributed by atoms with E-state index in [1.54, 1.807) is 0 Å². The van der Waals surface area contributed by atoms with Crippen molar-refractivity contribution < 1.29 is 9.52 Å². The molecule has 0 saturated carbocycles. The number of aryl methyl sites for hydroxylation is 1. The van der Waals surface area contributed by atoms with Crippen LogP contribution in [0.1, 0.15) is 35.5 Å². The quantitative estimate of drug-likeness (QED) is 0.925. The second-order valence-corrected chi connectivity index (χ2v) is 6.82. The lowest BCUT2D eigenvalue weighted by Crippen LogP contribution is -2.47. The number of piperidine rings is 1. The van der Waals surface area contributed by atoms with E-state index in [1.165, 1.54) is 11.1 Å². The summed E-state index contributed by atoms with van der Waals surface area (Å²) in [4.78, 5) is 2.44. The molecule has 22 heavy (non-hydrogen) atoms. The molecule has 1 aliphatic carbocycles. The minimum Gasteiger partial charge on any atom is -0.465 e. The van der Waals surface area contributed by atoms with Gasteiger partial charge in [-0.25, -0.2) is 0 Å². The monoisotopic (exact) mass is 297 g/mol. The van der Waals surface area contributed by atoms with Crippen LogP contribution < -0.4 is 0 Å². The Morgan fingerprint density at radius 2 is 1.95 bits per heavy atom. The van der Waals surface area contributed by atoms with Gasteiger partial charge in [-0.05, 0) is 62.5 Å². The maximum Gasteiger partial charge on any atom is 0.118 e. The van der Waals surface area contributed by atoms with Gasteiger partial charge >= 0.3 is 0 Å². The lowest BCUT2D eigenvalue weighted by atomic mass is 9.72. The second kappa shape index (κ2) is 5.25. The Kier molecular flexibility index (Phi) is 3.35. The summed E-state index contributed by atoms with van der Waals surface area (Å²) in [6.45, 7) is 4.90. The summed E-state index contributed by atoms with van der Waals surface area (Å²) < 4.78 is 5.69. The van der Waals surface area contributed by atoms with Crippen molar-refractivity contribution in [1.29, 1.82) is 0 Å². The van der Waals surface area contributed by atoms with Gasteiger partial charge in [0.25, 0.3) is 0 Å². The van der Waals surface area contributed by atoms with E-state index in [2.05, 4.69) is 35.2 Å². The standard InChI is InChI=1S/C19H23NO2/c1-14-6-7-16(22-14)13-20-10-8-19(9-11-20)17-5-3-2-4-15(17)12-18(19)21/h2-7,18,21H,8-13H2,1H3/t18-/m0/s1. The first kappa shape index (κ1) is 14.0. The normalized spacial score (nSPS) is 23.8. The SMILES string of the molecule is Cc1ccc(CN2CCC3(CC2)c2ccccc2C[C@@H]3O)o1. The van der Waals surface area contributed by atoms with Crippen molar-refractivity contribution in [2.45, 2.75) is 44.2 Å². The van der Waals surface area contributed by atoms with Gasteiger partial charge in [-0.15, -0.1) is 0 Å². The zero-order valence-corrected chi connectivity index (χ0v) is 13.1. The molecule has 2 aromatic rings. The average molecular weight is 297 g/mol. The van der Waals surface area contributed by atoms with E-state index < -0.39 is 0 Å². The van der Waals surface area contributed by atoms with E-state index in [4.69, 9.17) is 4.42 Å². The molecule has 0 radical (unpaired) electrons. The van der Waals surface area contributed by atoms with E-state index in [1.807, 2.05) is 13.0 Å². The number of benzene rings is 1. The van der Waals surface area contributed by atoms with Crippen molar-refractivity contribution in [2.75, 3.05) is 13.1 Å². The first-order valence-electron chi connectivity index (χ1n) is 8.21. The first-order chi connectivity index (χ1) is 10.7. The van der Waals surface area contributed by atoms with Crippen LogP contribution in [0.3, 0.4) is 0 Å². The molecule has 1 aromatic heterocycles. The molecule has 1 fully saturated rings. The molecule has 3 heteroatoms. The molecule has 3 nitrogen and oxygen atoms in total. The van der Waals surface area contributed by atoms with Gasteiger partial charge in [0.1, 0.15) is 11.5 Å². The molecule has 1 N–H and O–H groups in total. The van der Waals surface area contributed by atoms with Crippen molar-refractivity contribution in [3.8, 4) is 0 Å². The molecule has 116 valence electrons. The zero-order valence-electron chi connectivity index (χ0n) is 13.1. The van der Waals surface area contributed by atoms with Crippen molar-refractivity contribution in [3.05, 3.63) is 59.0 Å². The van der Waals surface area contributed by atoms with Crippen molar-refractivity contribution in [1.82, 2.24) is 4.90 Å². The fourth-order valence-electron chi connectivity index (χ4n) is 4.27. The maximum atomic E-state index is 10.7. The molecule has 1 saturated heterocycles. The topological polar surface area (TPSA) is 36.6 Å². The summed E-state index contributed by atoms with van der Waals surface area (Å²) in [5, 5.41) is 10.7. The van der Waals surface area contributed by atoms with Gasteiger partial charge in [0.05, 0.1) is 12.6 Å². The lowest BCUT2D eigenvalue weighted by Gasteiger charge is -2.42. The second-order valence-electron chi connectivity index (χ2n) is 6.82. The van der Waals surface area contributed by atoms with E-state index in [9.17, 15) is 5.11 Å². The van der Waals surface area contributed by atoms with Gasteiger partial charge in [0.15, 0.2) is 0 Å². The fourth-order valence-corrected chi connectivity index (χ4v) is 4.27. The smallest absolute Gasteiger partial charge is 0.118 e. The van der Waals surface area contributed by atoms with Gasteiger partial charge in [-0.1, -0.05) is 24.3 Å². The van der Waals surface area contributed by atoms with E-state index in [0.717, 1.165) is 50.4 Å². The first-order valence-corrected chi connectivity index (χ1v) is 8.21. The Morgan fingerprint density at radius 3 is 2.68 bits per heavy atom. The number of furan rings is 1. The van der Waals surface area contributed by atoms with Crippen LogP contribution in [0.4, 0.5) is 0 Å². The lowest BCUT2D eigenvalue weighted by molar-refractivity contribution is 0.0396. The molecule has 0 unspecified atom stereocenters. The van der Waals surface area contributed by atoms with Gasteiger partial charge in [0.2, 0.25) is 0 Å². The number of hydrogen-bond acceptors (Lipinski definition) is 3. The Bertz CT molecular complexity index is 668. The average Bonchev–Trinajstić information content (AvgIpc) is 3.04. The van der Waals surface area contributed by atoms with Crippen LogP contribution >= 0.6 is 0 Å². The number of rotatable bonds is 2. The van der Waals surface area contributed by atoms with Crippen LogP contribution in [0.25, 0.3) is 0 Å². The zero-order chi connectivity index (χ0) is 15.2. The molecule has 1 spiro atoms. The summed E-state index contributed by atoms with van der Waals surface area (Å²) in [6, 6.07) is 12.7. The Morgan fingerprint density at radius 1 is 1.18 bits per heavy atom. The molecule has 0 amide bonds. The van der Waals surface area contributed by atoms with Gasteiger partial charge in [-0.3, -0.25) is 4.90 Å². The van der Waals surface area contributed by atoms with E-state index in [0.29, 0.717) is 0 Å². The summed E-state index contributed by atoms with van der Waals surface area (Å²) in [6.07, 6.45) is 2.65. The number of aliphatic hydroxyl groups is 1. The summed E-state index contributed by atoms with van der Waals surface area (Å²) >= 11 is 0. The predicted molar refractivity (Wildman–Crippen MR) is 85.8 cm³/mol. The highest BCUT2D eigenvalue weighted by Crippen LogP contribution is 2.46. The highest BCUT2D eigenvalue weighted by molar-refractivity contribution is 5.42. The molecule has 0 bridgehead atoms. The minimum atomic E-state index is -0.224. The highest BCUT2D eigenvalue weighted by atomic mass is 16.3. The van der Waals surface area contributed by atoms with Crippen molar-refractivity contribution in [3.63, 3.8) is 0 Å². The molecule has 1 aliphatic heterocycles. The third kappa shape index (κ3) is 2.20. The maximum absolute atomic E-state index is 10.7. The molecule has 4 rings (SSSR count). The van der Waals surface area contributed by atoms with Crippen LogP contribution in [0.5, 0.6) is 0 Å². The van der Waals surface area contributed by atoms with E-state index in [-0.39, 0.29) is 11.5 Å². The van der Waals surface area contributed by atoms with Crippen LogP contribution in [0.2, 0.25) is 0 Å². The number of hydrogen-bond donors (Lipinski definition) is 1. The molecule has 1 aromatic carbocycles. The number of aliphatic hydroxyl groups excluding tert-OH is 1. The van der Waals surface area contributed by atoms with Crippen molar-refractivity contribution >= 4 is 0 Å². The summed E-state index contributed by atoms with van der Waals surface area (Å²) in [5.41, 5.74) is 2.70. The largest absolute Gasteiger partial charge is 0.465 e. The van der Waals surface area contributed by atoms with Crippen LogP contribution in [-0.2, 0) is 18.4 Å². The highest BCUT2D eigenvalue weighted by Gasteiger charge is 2.47. The molecule has 2 heterocycles. The number of likely N-dealkylation sites (tertiary alicyclic amines) is 1. The molecule has 2 aliphatic rings. The Balaban J connectivity index is 1.49. The van der Waals surface area contributed by atoms with Crippen LogP contribution in [0.15, 0.2) is 40.8 Å². The molecule has 1 atom stereocenters. The minimum absolute atomic E-state index is 0.0217. The molecular weight excluding hydrogens is 274 g/mol. The van der Waals surface area contributed by atoms with Gasteiger partial charge < -0.3 is 9.52 Å². The number of nitrogens with zero attached hydrogens (tertiary/aromatic N) is 1. The Labute approximate surface area is 131 Å². The van der Waals surface area contributed by atoms with Crippen LogP contribution in [-0.4, -0.2) is 29.2 Å². The van der Waals surface area contributed by atoms with Gasteiger partial charge in [-0.2, -0.15) is 0 Å². The Hall–Kier alpha value is -1.58. The van der Waals surface area contributed by atoms with E-state index >= 15 is 0 Å². The molecular formula is C19H23NO2. The summed E-state index contributed by atoms with van der Waals surface area (Å²) in [7, 11) is 0.